The Morgan fingerprint density at radius 1 is 1.59 bits per heavy atom. The van der Waals surface area contributed by atoms with E-state index in [-0.39, 0.29) is 18.7 Å². The van der Waals surface area contributed by atoms with Gasteiger partial charge in [0.15, 0.2) is 0 Å². The van der Waals surface area contributed by atoms with Gasteiger partial charge in [0, 0.05) is 6.54 Å². The zero-order chi connectivity index (χ0) is 12.7. The molecule has 0 radical (unpaired) electrons. The average Bonchev–Trinajstić information content (AvgIpc) is 2.36. The summed E-state index contributed by atoms with van der Waals surface area (Å²) >= 11 is 0. The van der Waals surface area contributed by atoms with E-state index in [1.807, 2.05) is 12.1 Å². The number of nitriles is 1. The van der Waals surface area contributed by atoms with Crippen molar-refractivity contribution in [1.82, 2.24) is 10.6 Å². The molecule has 0 heterocycles. The lowest BCUT2D eigenvalue weighted by Gasteiger charge is -2.11. The standard InChI is InChI=1S/C12H15N3O2/c1-9(8-16)15-12(17)14-7-11-4-2-3-10(5-11)6-13/h2-5,9,16H,7-8H2,1H3,(H2,14,15,17). The predicted octanol–water partition coefficient (Wildman–Crippen LogP) is 0.738. The number of nitrogens with one attached hydrogen (secondary N) is 2. The fourth-order valence-corrected chi connectivity index (χ4v) is 1.25. The Hall–Kier alpha value is -2.06. The first-order valence-corrected chi connectivity index (χ1v) is 5.30. The molecule has 90 valence electrons. The smallest absolute Gasteiger partial charge is 0.315 e. The van der Waals surface area contributed by atoms with Gasteiger partial charge < -0.3 is 15.7 Å². The van der Waals surface area contributed by atoms with E-state index >= 15 is 0 Å². The highest BCUT2D eigenvalue weighted by Crippen LogP contribution is 2.03. The van der Waals surface area contributed by atoms with Gasteiger partial charge in [-0.25, -0.2) is 4.79 Å². The molecule has 5 heteroatoms. The number of benzene rings is 1. The summed E-state index contributed by atoms with van der Waals surface area (Å²) in [6, 6.07) is 8.44. The number of rotatable bonds is 4. The number of hydrogen-bond acceptors (Lipinski definition) is 3. The van der Waals surface area contributed by atoms with Crippen LogP contribution in [0.15, 0.2) is 24.3 Å². The minimum Gasteiger partial charge on any atom is -0.394 e. The summed E-state index contributed by atoms with van der Waals surface area (Å²) in [7, 11) is 0. The largest absolute Gasteiger partial charge is 0.394 e. The van der Waals surface area contributed by atoms with E-state index in [4.69, 9.17) is 10.4 Å². The molecule has 0 saturated heterocycles. The maximum Gasteiger partial charge on any atom is 0.315 e. The molecule has 0 bridgehead atoms. The number of carbonyl (C=O) groups excluding carboxylic acids is 1. The zero-order valence-corrected chi connectivity index (χ0v) is 9.60. The van der Waals surface area contributed by atoms with Crippen molar-refractivity contribution < 1.29 is 9.90 Å². The summed E-state index contributed by atoms with van der Waals surface area (Å²) in [5, 5.41) is 22.7. The quantitative estimate of drug-likeness (QED) is 0.717. The third-order valence-electron chi connectivity index (χ3n) is 2.16. The Balaban J connectivity index is 2.45. The van der Waals surface area contributed by atoms with Crippen molar-refractivity contribution in [3.8, 4) is 6.07 Å². The van der Waals surface area contributed by atoms with E-state index in [1.165, 1.54) is 0 Å². The van der Waals surface area contributed by atoms with Crippen LogP contribution in [0.4, 0.5) is 4.79 Å². The molecule has 0 aromatic heterocycles. The average molecular weight is 233 g/mol. The Labute approximate surface area is 100 Å². The molecule has 1 aromatic carbocycles. The molecule has 0 aliphatic heterocycles. The van der Waals surface area contributed by atoms with E-state index < -0.39 is 0 Å². The molecule has 3 N–H and O–H groups in total. The summed E-state index contributed by atoms with van der Waals surface area (Å²) in [5.74, 6) is 0. The molecule has 1 atom stereocenters. The maximum absolute atomic E-state index is 11.3. The molecule has 2 amide bonds. The number of aliphatic hydroxyl groups is 1. The van der Waals surface area contributed by atoms with Crippen LogP contribution in [0.3, 0.4) is 0 Å². The molecule has 0 aliphatic rings. The van der Waals surface area contributed by atoms with E-state index in [9.17, 15) is 4.79 Å². The topological polar surface area (TPSA) is 85.2 Å². The number of hydrogen-bond donors (Lipinski definition) is 3. The van der Waals surface area contributed by atoms with Crippen LogP contribution in [-0.2, 0) is 6.54 Å². The fraction of sp³-hybridized carbons (Fsp3) is 0.333. The highest BCUT2D eigenvalue weighted by Gasteiger charge is 2.05. The van der Waals surface area contributed by atoms with E-state index in [0.717, 1.165) is 5.56 Å². The number of urea groups is 1. The van der Waals surface area contributed by atoms with Crippen LogP contribution in [-0.4, -0.2) is 23.8 Å². The first kappa shape index (κ1) is 13.0. The van der Waals surface area contributed by atoms with E-state index in [0.29, 0.717) is 12.1 Å². The predicted molar refractivity (Wildman–Crippen MR) is 63.1 cm³/mol. The van der Waals surface area contributed by atoms with Gasteiger partial charge in [0.1, 0.15) is 0 Å². The van der Waals surface area contributed by atoms with Gasteiger partial charge in [-0.2, -0.15) is 5.26 Å². The monoisotopic (exact) mass is 233 g/mol. The number of aliphatic hydroxyl groups excluding tert-OH is 1. The summed E-state index contributed by atoms with van der Waals surface area (Å²) < 4.78 is 0. The van der Waals surface area contributed by atoms with Gasteiger partial charge in [0.05, 0.1) is 24.3 Å². The lowest BCUT2D eigenvalue weighted by molar-refractivity contribution is 0.220. The third-order valence-corrected chi connectivity index (χ3v) is 2.16. The number of carbonyl (C=O) groups is 1. The van der Waals surface area contributed by atoms with Crippen molar-refractivity contribution in [2.45, 2.75) is 19.5 Å². The van der Waals surface area contributed by atoms with E-state index in [2.05, 4.69) is 10.6 Å². The minimum absolute atomic E-state index is 0.0999. The molecule has 17 heavy (non-hydrogen) atoms. The number of amides is 2. The van der Waals surface area contributed by atoms with E-state index in [1.54, 1.807) is 25.1 Å². The van der Waals surface area contributed by atoms with Crippen molar-refractivity contribution in [2.24, 2.45) is 0 Å². The fourth-order valence-electron chi connectivity index (χ4n) is 1.25. The van der Waals surface area contributed by atoms with Crippen LogP contribution in [0.25, 0.3) is 0 Å². The molecular formula is C12H15N3O2. The lowest BCUT2D eigenvalue weighted by Crippen LogP contribution is -2.41. The van der Waals surface area contributed by atoms with Gasteiger partial charge >= 0.3 is 6.03 Å². The highest BCUT2D eigenvalue weighted by atomic mass is 16.3. The van der Waals surface area contributed by atoms with Gasteiger partial charge in [-0.05, 0) is 24.6 Å². The Morgan fingerprint density at radius 3 is 3.00 bits per heavy atom. The molecule has 0 saturated carbocycles. The lowest BCUT2D eigenvalue weighted by atomic mass is 10.1. The second-order valence-electron chi connectivity index (χ2n) is 3.72. The maximum atomic E-state index is 11.3. The summed E-state index contributed by atoms with van der Waals surface area (Å²) in [6.45, 7) is 1.95. The summed E-state index contributed by atoms with van der Waals surface area (Å²) in [6.07, 6.45) is 0. The van der Waals surface area contributed by atoms with Crippen LogP contribution in [0.2, 0.25) is 0 Å². The second-order valence-corrected chi connectivity index (χ2v) is 3.72. The second kappa shape index (κ2) is 6.51. The van der Waals surface area contributed by atoms with Crippen molar-refractivity contribution in [2.75, 3.05) is 6.61 Å². The zero-order valence-electron chi connectivity index (χ0n) is 9.60. The minimum atomic E-state index is -0.339. The van der Waals surface area contributed by atoms with Crippen LogP contribution in [0, 0.1) is 11.3 Å². The van der Waals surface area contributed by atoms with Gasteiger partial charge in [-0.1, -0.05) is 12.1 Å². The summed E-state index contributed by atoms with van der Waals surface area (Å²) in [5.41, 5.74) is 1.42. The van der Waals surface area contributed by atoms with Crippen LogP contribution < -0.4 is 10.6 Å². The van der Waals surface area contributed by atoms with Gasteiger partial charge in [-0.3, -0.25) is 0 Å². The molecule has 1 unspecified atom stereocenters. The normalized spacial score (nSPS) is 11.4. The molecular weight excluding hydrogens is 218 g/mol. The highest BCUT2D eigenvalue weighted by molar-refractivity contribution is 5.74. The third kappa shape index (κ3) is 4.53. The Kier molecular flexibility index (Phi) is 4.98. The van der Waals surface area contributed by atoms with Crippen molar-refractivity contribution in [3.05, 3.63) is 35.4 Å². The molecule has 0 fully saturated rings. The van der Waals surface area contributed by atoms with Crippen LogP contribution in [0.1, 0.15) is 18.1 Å². The van der Waals surface area contributed by atoms with Crippen LogP contribution in [0.5, 0.6) is 0 Å². The molecule has 0 aliphatic carbocycles. The first-order valence-electron chi connectivity index (χ1n) is 5.30. The van der Waals surface area contributed by atoms with Crippen molar-refractivity contribution >= 4 is 6.03 Å². The number of nitrogens with zero attached hydrogens (tertiary/aromatic N) is 1. The molecule has 1 rings (SSSR count). The van der Waals surface area contributed by atoms with Gasteiger partial charge in [0.25, 0.3) is 0 Å². The van der Waals surface area contributed by atoms with Gasteiger partial charge in [-0.15, -0.1) is 0 Å². The van der Waals surface area contributed by atoms with Crippen molar-refractivity contribution in [1.29, 1.82) is 5.26 Å². The molecule has 1 aromatic rings. The molecule has 5 nitrogen and oxygen atoms in total. The molecule has 0 spiro atoms. The van der Waals surface area contributed by atoms with Gasteiger partial charge in [0.2, 0.25) is 0 Å². The van der Waals surface area contributed by atoms with Crippen LogP contribution >= 0.6 is 0 Å². The Bertz CT molecular complexity index is 426. The van der Waals surface area contributed by atoms with Crippen molar-refractivity contribution in [3.63, 3.8) is 0 Å². The summed E-state index contributed by atoms with van der Waals surface area (Å²) in [4.78, 5) is 11.3. The Morgan fingerprint density at radius 2 is 2.35 bits per heavy atom. The SMILES string of the molecule is CC(CO)NC(=O)NCc1cccc(C#N)c1. The first-order chi connectivity index (χ1) is 8.15.